The minimum atomic E-state index is 0. The van der Waals surface area contributed by atoms with Gasteiger partial charge in [-0.25, -0.2) is 0 Å². The van der Waals surface area contributed by atoms with Gasteiger partial charge in [0.05, 0.1) is 18.1 Å². The second-order valence-electron chi connectivity index (χ2n) is 4.26. The summed E-state index contributed by atoms with van der Waals surface area (Å²) in [6.45, 7) is 4.10. The molecule has 1 atom stereocenters. The fourth-order valence-corrected chi connectivity index (χ4v) is 2.76. The van der Waals surface area contributed by atoms with Crippen LogP contribution in [-0.2, 0) is 17.8 Å². The third kappa shape index (κ3) is 3.68. The summed E-state index contributed by atoms with van der Waals surface area (Å²) in [5, 5.41) is 6.02. The van der Waals surface area contributed by atoms with Crippen molar-refractivity contribution in [3.05, 3.63) is 21.4 Å². The van der Waals surface area contributed by atoms with Crippen molar-refractivity contribution >= 4 is 29.7 Å². The highest BCUT2D eigenvalue weighted by atomic mass is 35.5. The Bertz CT molecular complexity index is 385. The van der Waals surface area contributed by atoms with Crippen molar-refractivity contribution in [3.63, 3.8) is 0 Å². The van der Waals surface area contributed by atoms with Crippen molar-refractivity contribution < 1.29 is 9.53 Å². The van der Waals surface area contributed by atoms with Crippen LogP contribution in [0.4, 0.5) is 0 Å². The van der Waals surface area contributed by atoms with E-state index in [1.165, 1.54) is 10.4 Å². The number of carbonyl (C=O) groups excluding carboxylic acids is 1. The zero-order chi connectivity index (χ0) is 12.3. The van der Waals surface area contributed by atoms with Crippen molar-refractivity contribution in [2.45, 2.75) is 26.0 Å². The molecule has 0 fully saturated rings. The lowest BCUT2D eigenvalue weighted by molar-refractivity contribution is 0.0954. The molecule has 0 saturated heterocycles. The van der Waals surface area contributed by atoms with Crippen molar-refractivity contribution in [2.75, 3.05) is 20.2 Å². The molecule has 1 amide bonds. The zero-order valence-corrected chi connectivity index (χ0v) is 12.2. The number of halogens is 1. The number of carbonyl (C=O) groups is 1. The van der Waals surface area contributed by atoms with Gasteiger partial charge < -0.3 is 15.4 Å². The average Bonchev–Trinajstić information content (AvgIpc) is 2.79. The maximum absolute atomic E-state index is 11.9. The predicted octanol–water partition coefficient (Wildman–Crippen LogP) is 1.58. The van der Waals surface area contributed by atoms with E-state index >= 15 is 0 Å². The fraction of sp³-hybridized carbons (Fsp3) is 0.583. The highest BCUT2D eigenvalue weighted by Crippen LogP contribution is 2.26. The molecular weight excluding hydrogens is 272 g/mol. The summed E-state index contributed by atoms with van der Waals surface area (Å²) in [6.07, 6.45) is 0.931. The molecule has 0 bridgehead atoms. The van der Waals surface area contributed by atoms with Gasteiger partial charge in [-0.05, 0) is 25.6 Å². The predicted molar refractivity (Wildman–Crippen MR) is 75.8 cm³/mol. The second kappa shape index (κ2) is 7.09. The Morgan fingerprint density at radius 1 is 1.61 bits per heavy atom. The molecule has 2 rings (SSSR count). The molecule has 2 N–H and O–H groups in total. The van der Waals surface area contributed by atoms with Gasteiger partial charge in [0.2, 0.25) is 0 Å². The number of rotatable bonds is 4. The van der Waals surface area contributed by atoms with Crippen LogP contribution in [0.2, 0.25) is 0 Å². The summed E-state index contributed by atoms with van der Waals surface area (Å²) in [6, 6.07) is 2.25. The molecule has 1 aliphatic rings. The third-order valence-corrected chi connectivity index (χ3v) is 4.15. The Hall–Kier alpha value is -0.620. The van der Waals surface area contributed by atoms with Crippen LogP contribution in [0.25, 0.3) is 0 Å². The molecule has 1 aromatic heterocycles. The first kappa shape index (κ1) is 15.4. The van der Waals surface area contributed by atoms with Crippen LogP contribution in [-0.4, -0.2) is 32.1 Å². The summed E-state index contributed by atoms with van der Waals surface area (Å²) < 4.78 is 5.37. The van der Waals surface area contributed by atoms with Crippen molar-refractivity contribution in [2.24, 2.45) is 0 Å². The van der Waals surface area contributed by atoms with E-state index < -0.39 is 0 Å². The molecule has 2 heterocycles. The van der Waals surface area contributed by atoms with Crippen molar-refractivity contribution in [1.82, 2.24) is 10.6 Å². The van der Waals surface area contributed by atoms with Crippen molar-refractivity contribution in [1.29, 1.82) is 0 Å². The minimum Gasteiger partial charge on any atom is -0.376 e. The normalized spacial score (nSPS) is 15.4. The Labute approximate surface area is 118 Å². The number of thiophene rings is 1. The Balaban J connectivity index is 0.00000162. The number of hydrogen-bond donors (Lipinski definition) is 2. The first-order valence-corrected chi connectivity index (χ1v) is 6.67. The molecular formula is C12H19ClN2O2S. The maximum atomic E-state index is 11.9. The van der Waals surface area contributed by atoms with Gasteiger partial charge in [-0.2, -0.15) is 0 Å². The standard InChI is InChI=1S/C12H18N2O2S.ClH/c1-8(13-2)6-14-12(15)11-5-9-7-16-4-3-10(9)17-11;/h5,8,13H,3-4,6-7H2,1-2H3,(H,14,15);1H. The molecule has 1 unspecified atom stereocenters. The van der Waals surface area contributed by atoms with Crippen LogP contribution < -0.4 is 10.6 Å². The van der Waals surface area contributed by atoms with Gasteiger partial charge in [0, 0.05) is 23.9 Å². The number of likely N-dealkylation sites (N-methyl/N-ethyl adjacent to an activating group) is 1. The number of nitrogens with one attached hydrogen (secondary N) is 2. The summed E-state index contributed by atoms with van der Waals surface area (Å²) in [7, 11) is 1.89. The Kier molecular flexibility index (Phi) is 6.08. The molecule has 0 spiro atoms. The highest BCUT2D eigenvalue weighted by Gasteiger charge is 2.17. The van der Waals surface area contributed by atoms with E-state index in [-0.39, 0.29) is 24.4 Å². The molecule has 1 aliphatic heterocycles. The van der Waals surface area contributed by atoms with Gasteiger partial charge >= 0.3 is 0 Å². The zero-order valence-electron chi connectivity index (χ0n) is 10.6. The second-order valence-corrected chi connectivity index (χ2v) is 5.40. The van der Waals surface area contributed by atoms with Gasteiger partial charge in [0.15, 0.2) is 0 Å². The molecule has 4 nitrogen and oxygen atoms in total. The van der Waals surface area contributed by atoms with E-state index in [0.29, 0.717) is 13.2 Å². The number of amides is 1. The quantitative estimate of drug-likeness (QED) is 0.885. The van der Waals surface area contributed by atoms with Crippen LogP contribution in [0.3, 0.4) is 0 Å². The Morgan fingerprint density at radius 3 is 3.06 bits per heavy atom. The third-order valence-electron chi connectivity index (χ3n) is 2.91. The van der Waals surface area contributed by atoms with Gasteiger partial charge in [-0.15, -0.1) is 23.7 Å². The number of fused-ring (bicyclic) bond motifs is 1. The van der Waals surface area contributed by atoms with Crippen LogP contribution in [0, 0.1) is 0 Å². The van der Waals surface area contributed by atoms with E-state index in [0.717, 1.165) is 17.9 Å². The first-order chi connectivity index (χ1) is 8.20. The summed E-state index contributed by atoms with van der Waals surface area (Å²) in [5.74, 6) is 0.0199. The molecule has 102 valence electrons. The summed E-state index contributed by atoms with van der Waals surface area (Å²) in [5.41, 5.74) is 1.17. The smallest absolute Gasteiger partial charge is 0.261 e. The van der Waals surface area contributed by atoms with Crippen LogP contribution in [0.1, 0.15) is 27.0 Å². The van der Waals surface area contributed by atoms with Gasteiger partial charge in [0.1, 0.15) is 0 Å². The number of ether oxygens (including phenoxy) is 1. The highest BCUT2D eigenvalue weighted by molar-refractivity contribution is 7.14. The largest absolute Gasteiger partial charge is 0.376 e. The van der Waals surface area contributed by atoms with E-state index in [1.54, 1.807) is 11.3 Å². The van der Waals surface area contributed by atoms with Gasteiger partial charge in [0.25, 0.3) is 5.91 Å². The Morgan fingerprint density at radius 2 is 2.39 bits per heavy atom. The van der Waals surface area contributed by atoms with E-state index in [2.05, 4.69) is 10.6 Å². The fourth-order valence-electron chi connectivity index (χ4n) is 1.69. The lowest BCUT2D eigenvalue weighted by Crippen LogP contribution is -2.36. The molecule has 0 aromatic carbocycles. The van der Waals surface area contributed by atoms with E-state index in [9.17, 15) is 4.79 Å². The molecule has 0 radical (unpaired) electrons. The van der Waals surface area contributed by atoms with Gasteiger partial charge in [-0.1, -0.05) is 0 Å². The lowest BCUT2D eigenvalue weighted by atomic mass is 10.2. The SMILES string of the molecule is CNC(C)CNC(=O)c1cc2c(s1)CCOC2.Cl. The lowest BCUT2D eigenvalue weighted by Gasteiger charge is -2.10. The monoisotopic (exact) mass is 290 g/mol. The van der Waals surface area contributed by atoms with Crippen LogP contribution in [0.5, 0.6) is 0 Å². The molecule has 6 heteroatoms. The first-order valence-electron chi connectivity index (χ1n) is 5.85. The molecule has 1 aromatic rings. The molecule has 18 heavy (non-hydrogen) atoms. The van der Waals surface area contributed by atoms with E-state index in [1.807, 2.05) is 20.0 Å². The molecule has 0 aliphatic carbocycles. The number of hydrogen-bond acceptors (Lipinski definition) is 4. The van der Waals surface area contributed by atoms with Crippen molar-refractivity contribution in [3.8, 4) is 0 Å². The average molecular weight is 291 g/mol. The van der Waals surface area contributed by atoms with Crippen LogP contribution >= 0.6 is 23.7 Å². The summed E-state index contributed by atoms with van der Waals surface area (Å²) >= 11 is 1.59. The minimum absolute atomic E-state index is 0. The summed E-state index contributed by atoms with van der Waals surface area (Å²) in [4.78, 5) is 14.0. The topological polar surface area (TPSA) is 50.4 Å². The van der Waals surface area contributed by atoms with Crippen LogP contribution in [0.15, 0.2) is 6.07 Å². The van der Waals surface area contributed by atoms with Gasteiger partial charge in [-0.3, -0.25) is 4.79 Å². The maximum Gasteiger partial charge on any atom is 0.261 e. The molecule has 0 saturated carbocycles. The van der Waals surface area contributed by atoms with E-state index in [4.69, 9.17) is 4.74 Å².